The highest BCUT2D eigenvalue weighted by molar-refractivity contribution is 6.01. The summed E-state index contributed by atoms with van der Waals surface area (Å²) in [6.07, 6.45) is 0. The van der Waals surface area contributed by atoms with E-state index in [0.717, 1.165) is 5.56 Å². The maximum Gasteiger partial charge on any atom is 0.274 e. The molecule has 0 aliphatic heterocycles. The van der Waals surface area contributed by atoms with E-state index in [1.54, 1.807) is 24.3 Å². The molecule has 0 fully saturated rings. The third-order valence-electron chi connectivity index (χ3n) is 3.34. The Morgan fingerprint density at radius 1 is 0.913 bits per heavy atom. The molecule has 4 heteroatoms. The van der Waals surface area contributed by atoms with Crippen LogP contribution in [0.25, 0.3) is 0 Å². The van der Waals surface area contributed by atoms with E-state index in [-0.39, 0.29) is 11.7 Å². The van der Waals surface area contributed by atoms with Gasteiger partial charge in [-0.15, -0.1) is 0 Å². The van der Waals surface area contributed by atoms with E-state index < -0.39 is 5.41 Å². The fourth-order valence-corrected chi connectivity index (χ4v) is 2.02. The lowest BCUT2D eigenvalue weighted by Crippen LogP contribution is -2.24. The molecule has 0 saturated heterocycles. The van der Waals surface area contributed by atoms with Crippen LogP contribution in [0.15, 0.2) is 54.6 Å². The summed E-state index contributed by atoms with van der Waals surface area (Å²) in [5.74, 6) is -0.291. The number of rotatable bonds is 5. The van der Waals surface area contributed by atoms with E-state index in [2.05, 4.69) is 5.48 Å². The Balaban J connectivity index is 1.91. The first-order chi connectivity index (χ1) is 10.9. The fraction of sp³-hybridized carbons (Fsp3) is 0.263. The molecule has 4 nitrogen and oxygen atoms in total. The molecule has 0 heterocycles. The standard InChI is InChI=1S/C19H21NO3/c1-19(2,3)17(21)15-9-11-16(12-10-15)18(22)20-23-13-14-7-5-4-6-8-14/h4-12H,13H2,1-3H3,(H,20,22). The Bertz CT molecular complexity index is 670. The predicted molar refractivity (Wildman–Crippen MR) is 88.9 cm³/mol. The highest BCUT2D eigenvalue weighted by atomic mass is 16.6. The van der Waals surface area contributed by atoms with E-state index in [1.807, 2.05) is 51.1 Å². The zero-order chi connectivity index (χ0) is 16.9. The van der Waals surface area contributed by atoms with Gasteiger partial charge < -0.3 is 0 Å². The van der Waals surface area contributed by atoms with Crippen molar-refractivity contribution >= 4 is 11.7 Å². The minimum absolute atomic E-state index is 0.0461. The summed E-state index contributed by atoms with van der Waals surface area (Å²) in [6.45, 7) is 5.90. The Hall–Kier alpha value is -2.46. The molecule has 1 N–H and O–H groups in total. The number of benzene rings is 2. The number of hydrogen-bond donors (Lipinski definition) is 1. The van der Waals surface area contributed by atoms with E-state index in [1.165, 1.54) is 0 Å². The third kappa shape index (κ3) is 4.76. The van der Waals surface area contributed by atoms with Gasteiger partial charge in [-0.05, 0) is 17.7 Å². The molecule has 120 valence electrons. The summed E-state index contributed by atoms with van der Waals surface area (Å²) in [5.41, 5.74) is 3.98. The summed E-state index contributed by atoms with van der Waals surface area (Å²) in [6, 6.07) is 16.2. The number of nitrogens with one attached hydrogen (secondary N) is 1. The third-order valence-corrected chi connectivity index (χ3v) is 3.34. The van der Waals surface area contributed by atoms with Crippen molar-refractivity contribution in [1.82, 2.24) is 5.48 Å². The van der Waals surface area contributed by atoms with Crippen LogP contribution in [0.2, 0.25) is 0 Å². The van der Waals surface area contributed by atoms with Crippen LogP contribution in [0, 0.1) is 5.41 Å². The summed E-state index contributed by atoms with van der Waals surface area (Å²) in [5, 5.41) is 0. The first-order valence-corrected chi connectivity index (χ1v) is 7.49. The van der Waals surface area contributed by atoms with Crippen LogP contribution in [0.5, 0.6) is 0 Å². The van der Waals surface area contributed by atoms with Crippen LogP contribution >= 0.6 is 0 Å². The Morgan fingerprint density at radius 3 is 2.04 bits per heavy atom. The number of hydrogen-bond acceptors (Lipinski definition) is 3. The zero-order valence-electron chi connectivity index (χ0n) is 13.6. The first-order valence-electron chi connectivity index (χ1n) is 7.49. The molecule has 0 aliphatic carbocycles. The lowest BCUT2D eigenvalue weighted by Gasteiger charge is -2.16. The second-order valence-electron chi connectivity index (χ2n) is 6.36. The lowest BCUT2D eigenvalue weighted by molar-refractivity contribution is 0.0233. The smallest absolute Gasteiger partial charge is 0.274 e. The first kappa shape index (κ1) is 16.9. The van der Waals surface area contributed by atoms with Gasteiger partial charge in [0.15, 0.2) is 5.78 Å². The molecule has 23 heavy (non-hydrogen) atoms. The quantitative estimate of drug-likeness (QED) is 0.675. The molecule has 0 unspecified atom stereocenters. The van der Waals surface area contributed by atoms with Crippen LogP contribution < -0.4 is 5.48 Å². The van der Waals surface area contributed by atoms with Gasteiger partial charge in [0, 0.05) is 16.5 Å². The number of carbonyl (C=O) groups excluding carboxylic acids is 2. The summed E-state index contributed by atoms with van der Waals surface area (Å²) >= 11 is 0. The van der Waals surface area contributed by atoms with Crippen molar-refractivity contribution in [2.24, 2.45) is 5.41 Å². The average Bonchev–Trinajstić information content (AvgIpc) is 2.54. The topological polar surface area (TPSA) is 55.4 Å². The van der Waals surface area contributed by atoms with E-state index >= 15 is 0 Å². The molecule has 0 spiro atoms. The molecule has 2 aromatic rings. The minimum Gasteiger partial charge on any atom is -0.294 e. The number of carbonyl (C=O) groups is 2. The molecule has 2 rings (SSSR count). The van der Waals surface area contributed by atoms with E-state index in [4.69, 9.17) is 4.84 Å². The van der Waals surface area contributed by atoms with Gasteiger partial charge in [0.1, 0.15) is 0 Å². The van der Waals surface area contributed by atoms with Crippen LogP contribution in [0.1, 0.15) is 47.1 Å². The van der Waals surface area contributed by atoms with Gasteiger partial charge in [-0.25, -0.2) is 5.48 Å². The summed E-state index contributed by atoms with van der Waals surface area (Å²) in [7, 11) is 0. The molecule has 0 radical (unpaired) electrons. The highest BCUT2D eigenvalue weighted by Crippen LogP contribution is 2.20. The highest BCUT2D eigenvalue weighted by Gasteiger charge is 2.22. The van der Waals surface area contributed by atoms with Crippen LogP contribution in [0.3, 0.4) is 0 Å². The van der Waals surface area contributed by atoms with Gasteiger partial charge in [0.25, 0.3) is 5.91 Å². The van der Waals surface area contributed by atoms with Gasteiger partial charge in [-0.3, -0.25) is 14.4 Å². The maximum atomic E-state index is 12.2. The Kier molecular flexibility index (Phi) is 5.29. The summed E-state index contributed by atoms with van der Waals surface area (Å²) in [4.78, 5) is 29.3. The van der Waals surface area contributed by atoms with E-state index in [9.17, 15) is 9.59 Å². The van der Waals surface area contributed by atoms with Crippen molar-refractivity contribution in [2.75, 3.05) is 0 Å². The number of hydroxylamine groups is 1. The Labute approximate surface area is 136 Å². The molecule has 0 saturated carbocycles. The molecule has 2 aromatic carbocycles. The van der Waals surface area contributed by atoms with Gasteiger partial charge in [0.05, 0.1) is 6.61 Å². The number of Topliss-reactive ketones (excluding diaryl/α,β-unsaturated/α-hetero) is 1. The zero-order valence-corrected chi connectivity index (χ0v) is 13.6. The van der Waals surface area contributed by atoms with Gasteiger partial charge in [-0.2, -0.15) is 0 Å². The minimum atomic E-state index is -0.442. The van der Waals surface area contributed by atoms with Crippen molar-refractivity contribution in [2.45, 2.75) is 27.4 Å². The average molecular weight is 311 g/mol. The molecule has 0 aromatic heterocycles. The molecule has 0 atom stereocenters. The monoisotopic (exact) mass is 311 g/mol. The van der Waals surface area contributed by atoms with E-state index in [0.29, 0.717) is 17.7 Å². The molecule has 0 aliphatic rings. The van der Waals surface area contributed by atoms with Crippen molar-refractivity contribution in [3.63, 3.8) is 0 Å². The van der Waals surface area contributed by atoms with Crippen LogP contribution in [0.4, 0.5) is 0 Å². The van der Waals surface area contributed by atoms with Gasteiger partial charge in [-0.1, -0.05) is 63.2 Å². The molecular formula is C19H21NO3. The van der Waals surface area contributed by atoms with Crippen LogP contribution in [-0.4, -0.2) is 11.7 Å². The van der Waals surface area contributed by atoms with Crippen molar-refractivity contribution in [3.05, 3.63) is 71.3 Å². The Morgan fingerprint density at radius 2 is 1.48 bits per heavy atom. The maximum absolute atomic E-state index is 12.2. The molecule has 0 bridgehead atoms. The van der Waals surface area contributed by atoms with Crippen LogP contribution in [-0.2, 0) is 11.4 Å². The van der Waals surface area contributed by atoms with Crippen molar-refractivity contribution < 1.29 is 14.4 Å². The van der Waals surface area contributed by atoms with Gasteiger partial charge in [0.2, 0.25) is 0 Å². The summed E-state index contributed by atoms with van der Waals surface area (Å²) < 4.78 is 0. The van der Waals surface area contributed by atoms with Gasteiger partial charge >= 0.3 is 0 Å². The lowest BCUT2D eigenvalue weighted by atomic mass is 9.86. The number of ketones is 1. The fourth-order valence-electron chi connectivity index (χ4n) is 2.02. The predicted octanol–water partition coefficient (Wildman–Crippen LogP) is 3.78. The molecule has 1 amide bonds. The molecular weight excluding hydrogens is 290 g/mol. The van der Waals surface area contributed by atoms with Crippen molar-refractivity contribution in [1.29, 1.82) is 0 Å². The largest absolute Gasteiger partial charge is 0.294 e. The number of amides is 1. The normalized spacial score (nSPS) is 11.1. The van der Waals surface area contributed by atoms with Crippen molar-refractivity contribution in [3.8, 4) is 0 Å². The second-order valence-corrected chi connectivity index (χ2v) is 6.36. The second kappa shape index (κ2) is 7.20. The SMILES string of the molecule is CC(C)(C)C(=O)c1ccc(C(=O)NOCc2ccccc2)cc1.